The monoisotopic (exact) mass is 1430 g/mol. The van der Waals surface area contributed by atoms with Crippen molar-refractivity contribution in [2.75, 3.05) is 26.9 Å². The van der Waals surface area contributed by atoms with Crippen LogP contribution in [0.2, 0.25) is 0 Å². The van der Waals surface area contributed by atoms with Gasteiger partial charge in [-0.3, -0.25) is 31.5 Å². The van der Waals surface area contributed by atoms with Crippen molar-refractivity contribution in [3.8, 4) is 0 Å². The van der Waals surface area contributed by atoms with Gasteiger partial charge in [0, 0.05) is 7.11 Å². The minimum Gasteiger partial charge on any atom is -0.479 e. The number of nitrogens with one attached hydrogen (secondary N) is 3. The van der Waals surface area contributed by atoms with Crippen LogP contribution in [0.4, 0.5) is 0 Å². The second-order valence-electron chi connectivity index (χ2n) is 18.0. The van der Waals surface area contributed by atoms with Crippen molar-refractivity contribution in [1.29, 1.82) is 0 Å². The zero-order valence-corrected chi connectivity index (χ0v) is 48.0. The Morgan fingerprint density at radius 1 is 0.425 bits per heavy atom. The Labute approximate surface area is 491 Å². The lowest BCUT2D eigenvalue weighted by atomic mass is 9.94. The maximum atomic E-state index is 12.9. The van der Waals surface area contributed by atoms with Crippen LogP contribution in [0.25, 0.3) is 0 Å². The van der Waals surface area contributed by atoms with Crippen LogP contribution in [-0.4, -0.2) is 321 Å². The molecule has 0 amide bonds. The molecule has 5 saturated heterocycles. The van der Waals surface area contributed by atoms with Gasteiger partial charge in [-0.1, -0.05) is 5.04 Å². The van der Waals surface area contributed by atoms with Gasteiger partial charge in [0.2, 0.25) is 0 Å². The van der Waals surface area contributed by atoms with Gasteiger partial charge in [0.15, 0.2) is 56.0 Å². The molecule has 49 nitrogen and oxygen atoms in total. The quantitative estimate of drug-likeness (QED) is 0.0104. The van der Waals surface area contributed by atoms with E-state index in [-0.39, 0.29) is 0 Å². The summed E-state index contributed by atoms with van der Waals surface area (Å²) in [7, 11) is -32.4. The first kappa shape index (κ1) is 75.4. The van der Waals surface area contributed by atoms with Crippen molar-refractivity contribution in [3.63, 3.8) is 0 Å². The van der Waals surface area contributed by atoms with E-state index in [1.54, 1.807) is 0 Å². The molecule has 510 valence electrons. The molecule has 87 heavy (non-hydrogen) atoms. The van der Waals surface area contributed by atoms with Crippen LogP contribution in [0.3, 0.4) is 0 Å². The molecule has 56 heteroatoms. The van der Waals surface area contributed by atoms with E-state index in [2.05, 4.69) is 21.9 Å². The predicted octanol–water partition coefficient (Wildman–Crippen LogP) is -12.4. The zero-order chi connectivity index (χ0) is 65.9. The molecule has 10 unspecified atom stereocenters. The number of hydrogen-bond acceptors (Lipinski definition) is 39. The molecule has 0 radical (unpaired) electrons. The fraction of sp³-hybridized carbons (Fsp3) is 0.935. The fourth-order valence-electron chi connectivity index (χ4n) is 8.69. The van der Waals surface area contributed by atoms with Gasteiger partial charge in [-0.25, -0.2) is 27.4 Å². The number of carbonyl (C=O) groups is 2. The average molecular weight is 1430 g/mol. The summed E-state index contributed by atoms with van der Waals surface area (Å²) in [4.78, 5) is 25.7. The maximum Gasteiger partial charge on any atom is 0.397 e. The predicted molar refractivity (Wildman–Crippen MR) is 252 cm³/mol. The van der Waals surface area contributed by atoms with Crippen LogP contribution >= 0.6 is 12.3 Å². The molecule has 0 aromatic rings. The standard InChI is InChI=1S/C31H53N3O46S7/c1-65-27-9(33-83(50,51)52)13(37)18(6(70-27)3-67-86(59,60)61)72-30-16(40)14(38)22(24(76-30)26(44)45)75-29-10(34-84(53,54)55)20(78-81-80-79-46)19(7(71-29)4-68-87(62,63)64)73-31-17(41)15(39)21(23(77-31)25(42)43)74-28-8(32-82(47,48)49)12(36)11(35)5(69-28)2-66-85(56,57)58/h5-24,27-41,46H,2-4H2,1H3,(H,42,43)(H,44,45)(H,47,48,49)(H,50,51,52)(H,53,54,55)(H,56,57,58)(H,59,60,61)(H,62,63,64)/t5?,6?,7?,8?,9?,10?,11-,12-,13-,14+,15-,16?,17?,18+,19-,20-,21+,22-,23?,24?,27+,28+,29+,30-,31-/m1/s1. The molecule has 5 aliphatic rings. The summed E-state index contributed by atoms with van der Waals surface area (Å²) in [5, 5.41) is 111. The van der Waals surface area contributed by atoms with Gasteiger partial charge in [-0.05, 0) is 0 Å². The highest BCUT2D eigenvalue weighted by Gasteiger charge is 2.60. The van der Waals surface area contributed by atoms with Crippen molar-refractivity contribution < 1.29 is 212 Å². The summed E-state index contributed by atoms with van der Waals surface area (Å²) in [6.07, 6.45) is -57.8. The lowest BCUT2D eigenvalue weighted by Gasteiger charge is -2.50. The van der Waals surface area contributed by atoms with E-state index in [1.807, 2.05) is 0 Å². The minimum absolute atomic E-state index is 0.604. The normalized spacial score (nSPS) is 39.5. The summed E-state index contributed by atoms with van der Waals surface area (Å²) < 4.78 is 279. The smallest absolute Gasteiger partial charge is 0.397 e. The lowest BCUT2D eigenvalue weighted by Crippen LogP contribution is -2.71. The third-order valence-corrected chi connectivity index (χ3v) is 15.6. The maximum absolute atomic E-state index is 12.9. The molecule has 19 N–H and O–H groups in total. The van der Waals surface area contributed by atoms with Crippen LogP contribution in [0.1, 0.15) is 0 Å². The largest absolute Gasteiger partial charge is 0.479 e. The van der Waals surface area contributed by atoms with Gasteiger partial charge in [-0.15, -0.1) is 4.33 Å². The number of aliphatic carboxylic acids is 2. The van der Waals surface area contributed by atoms with Gasteiger partial charge in [-0.2, -0.15) is 64.7 Å². The van der Waals surface area contributed by atoms with Gasteiger partial charge in [0.05, 0.1) is 19.8 Å². The Kier molecular flexibility index (Phi) is 26.1. The van der Waals surface area contributed by atoms with Crippen LogP contribution in [0, 0.1) is 0 Å². The molecule has 0 aliphatic carbocycles. The summed E-state index contributed by atoms with van der Waals surface area (Å²) in [5.41, 5.74) is 0. The topological polar surface area (TPSA) is 746 Å². The number of hydrogen-bond donors (Lipinski definition) is 19. The molecule has 5 fully saturated rings. The molecular formula is C31H53N3O46S7. The summed E-state index contributed by atoms with van der Waals surface area (Å²) in [6.45, 7) is -4.58. The number of carboxylic acid groups (broad SMARTS) is 2. The van der Waals surface area contributed by atoms with E-state index in [0.717, 1.165) is 7.11 Å². The van der Waals surface area contributed by atoms with Gasteiger partial charge < -0.3 is 93.3 Å². The Morgan fingerprint density at radius 2 is 0.782 bits per heavy atom. The van der Waals surface area contributed by atoms with E-state index < -0.39 is 260 Å². The summed E-state index contributed by atoms with van der Waals surface area (Å²) in [6, 6.07) is -7.44. The van der Waals surface area contributed by atoms with Crippen LogP contribution in [0.15, 0.2) is 0 Å². The first-order valence-corrected chi connectivity index (χ1v) is 32.0. The number of aliphatic hydroxyl groups excluding tert-OH is 7. The van der Waals surface area contributed by atoms with Gasteiger partial charge in [0.1, 0.15) is 110 Å². The third kappa shape index (κ3) is 21.4. The molecule has 0 bridgehead atoms. The Hall–Kier alpha value is -2.33. The van der Waals surface area contributed by atoms with Crippen molar-refractivity contribution in [3.05, 3.63) is 0 Å². The number of ether oxygens (including phenoxy) is 10. The molecule has 0 spiro atoms. The van der Waals surface area contributed by atoms with Crippen LogP contribution < -0.4 is 14.2 Å². The van der Waals surface area contributed by atoms with Gasteiger partial charge >= 0.3 is 74.0 Å². The number of carboxylic acids is 2. The second-order valence-corrected chi connectivity index (χ2v) is 25.3. The molecular weight excluding hydrogens is 1370 g/mol. The van der Waals surface area contributed by atoms with Crippen molar-refractivity contribution >= 4 is 86.4 Å². The van der Waals surface area contributed by atoms with Gasteiger partial charge in [0.25, 0.3) is 0 Å². The highest BCUT2D eigenvalue weighted by molar-refractivity contribution is 7.89. The summed E-state index contributed by atoms with van der Waals surface area (Å²) in [5.74, 6) is -4.57. The number of aliphatic hydroxyl groups is 7. The molecule has 5 heterocycles. The molecule has 25 atom stereocenters. The van der Waals surface area contributed by atoms with E-state index in [1.165, 1.54) is 14.2 Å². The molecule has 5 rings (SSSR count). The van der Waals surface area contributed by atoms with E-state index in [9.17, 15) is 129 Å². The lowest BCUT2D eigenvalue weighted by molar-refractivity contribution is -0.435. The van der Waals surface area contributed by atoms with Crippen molar-refractivity contribution in [2.45, 2.75) is 153 Å². The average Bonchev–Trinajstić information content (AvgIpc) is 2.69. The second kappa shape index (κ2) is 30.2. The molecule has 0 aromatic heterocycles. The number of rotatable bonds is 30. The highest BCUT2D eigenvalue weighted by Crippen LogP contribution is 2.38. The molecule has 0 saturated carbocycles. The molecule has 5 aliphatic heterocycles. The Morgan fingerprint density at radius 3 is 1.18 bits per heavy atom. The SMILES string of the molecule is CO[C@H]1OC(COS(=O)(=O)O)[C@H](O[C@@H]2OC(C(=O)O)[C@H](O[C@@H]3OC(COS(=O)(=O)O)[C@@H](O[C@@H]4OC(C(=O)O)[C@@H](O[C@@H]5OC(COS(=O)(=O)O)[C@@H](O)[C@H](O)C5NS(=O)(=O)O)[C@H](O)C4O)[C@H](OSOOO)C3NS(=O)(=O)O)[C@@H](O)C2O)[C@H](O)C1NS(=O)(=O)O. The van der Waals surface area contributed by atoms with E-state index in [0.29, 0.717) is 0 Å². The minimum atomic E-state index is -5.85. The molecule has 0 aromatic carbocycles. The Bertz CT molecular complexity index is 3020. The third-order valence-electron chi connectivity index (χ3n) is 12.2. The zero-order valence-electron chi connectivity index (χ0n) is 42.3. The van der Waals surface area contributed by atoms with E-state index >= 15 is 0 Å². The highest BCUT2D eigenvalue weighted by atomic mass is 32.3. The van der Waals surface area contributed by atoms with Crippen LogP contribution in [-0.2, 0) is 145 Å². The fourth-order valence-corrected chi connectivity index (χ4v) is 11.8. The van der Waals surface area contributed by atoms with E-state index in [4.69, 9.17) is 61.4 Å². The Balaban J connectivity index is 1.53. The summed E-state index contributed by atoms with van der Waals surface area (Å²) >= 11 is -0.604. The first-order chi connectivity index (χ1) is 39.8. The van der Waals surface area contributed by atoms with Crippen LogP contribution in [0.5, 0.6) is 0 Å². The van der Waals surface area contributed by atoms with Crippen molar-refractivity contribution in [2.24, 2.45) is 0 Å². The van der Waals surface area contributed by atoms with Crippen molar-refractivity contribution in [1.82, 2.24) is 14.2 Å². The number of methoxy groups -OCH3 is 1. The first-order valence-electron chi connectivity index (χ1n) is 22.9.